The van der Waals surface area contributed by atoms with Gasteiger partial charge in [-0.2, -0.15) is 0 Å². The molecule has 0 aromatic heterocycles. The van der Waals surface area contributed by atoms with Crippen molar-refractivity contribution >= 4 is 11.8 Å². The van der Waals surface area contributed by atoms with Crippen molar-refractivity contribution in [2.24, 2.45) is 0 Å². The van der Waals surface area contributed by atoms with Gasteiger partial charge in [-0.1, -0.05) is 49.4 Å². The molecule has 0 spiro atoms. The van der Waals surface area contributed by atoms with Crippen LogP contribution in [-0.2, 0) is 16.0 Å². The van der Waals surface area contributed by atoms with E-state index in [0.717, 1.165) is 12.0 Å². The van der Waals surface area contributed by atoms with Crippen LogP contribution in [0.2, 0.25) is 0 Å². The maximum absolute atomic E-state index is 13.0. The first-order valence-electron chi connectivity index (χ1n) is 10.4. The molecule has 1 N–H and O–H groups in total. The van der Waals surface area contributed by atoms with Gasteiger partial charge >= 0.3 is 0 Å². The molecule has 0 aliphatic rings. The lowest BCUT2D eigenvalue weighted by Crippen LogP contribution is -2.51. The number of rotatable bonds is 11. The SMILES string of the molecule is CC[C@@H](C)NC(=O)[C@H](C)N(CCc1ccccc1)C(=O)COc1ccccc1OC. The number of carbonyl (C=O) groups is 2. The van der Waals surface area contributed by atoms with Crippen LogP contribution in [0.15, 0.2) is 54.6 Å². The topological polar surface area (TPSA) is 67.9 Å². The molecule has 2 aromatic carbocycles. The van der Waals surface area contributed by atoms with Crippen molar-refractivity contribution in [1.82, 2.24) is 10.2 Å². The van der Waals surface area contributed by atoms with Crippen molar-refractivity contribution in [2.75, 3.05) is 20.3 Å². The molecule has 0 aliphatic heterocycles. The summed E-state index contributed by atoms with van der Waals surface area (Å²) in [6, 6.07) is 16.5. The van der Waals surface area contributed by atoms with Crippen molar-refractivity contribution in [3.05, 3.63) is 60.2 Å². The Morgan fingerprint density at radius 1 is 1.00 bits per heavy atom. The zero-order chi connectivity index (χ0) is 21.9. The second kappa shape index (κ2) is 11.9. The molecule has 6 heteroatoms. The van der Waals surface area contributed by atoms with Gasteiger partial charge in [-0.05, 0) is 44.4 Å². The molecule has 0 aliphatic carbocycles. The van der Waals surface area contributed by atoms with E-state index in [4.69, 9.17) is 9.47 Å². The van der Waals surface area contributed by atoms with Crippen LogP contribution in [0.4, 0.5) is 0 Å². The number of nitrogens with one attached hydrogen (secondary N) is 1. The summed E-state index contributed by atoms with van der Waals surface area (Å²) >= 11 is 0. The van der Waals surface area contributed by atoms with Gasteiger partial charge in [0.1, 0.15) is 6.04 Å². The van der Waals surface area contributed by atoms with E-state index in [1.165, 1.54) is 0 Å². The number of hydrogen-bond donors (Lipinski definition) is 1. The molecule has 0 fully saturated rings. The number of amides is 2. The number of benzene rings is 2. The minimum atomic E-state index is -0.600. The smallest absolute Gasteiger partial charge is 0.261 e. The average molecular weight is 413 g/mol. The Kier molecular flexibility index (Phi) is 9.19. The summed E-state index contributed by atoms with van der Waals surface area (Å²) < 4.78 is 11.0. The number of ether oxygens (including phenoxy) is 2. The van der Waals surface area contributed by atoms with Gasteiger partial charge in [-0.25, -0.2) is 0 Å². The van der Waals surface area contributed by atoms with Crippen LogP contribution in [0.5, 0.6) is 11.5 Å². The number of methoxy groups -OCH3 is 1. The lowest BCUT2D eigenvalue weighted by atomic mass is 10.1. The van der Waals surface area contributed by atoms with Crippen LogP contribution in [-0.4, -0.2) is 49.1 Å². The third kappa shape index (κ3) is 6.79. The third-order valence-electron chi connectivity index (χ3n) is 5.07. The average Bonchev–Trinajstić information content (AvgIpc) is 2.78. The van der Waals surface area contributed by atoms with Gasteiger partial charge < -0.3 is 19.7 Å². The fourth-order valence-corrected chi connectivity index (χ4v) is 3.00. The van der Waals surface area contributed by atoms with Gasteiger partial charge in [-0.15, -0.1) is 0 Å². The fraction of sp³-hybridized carbons (Fsp3) is 0.417. The van der Waals surface area contributed by atoms with E-state index in [9.17, 15) is 9.59 Å². The summed E-state index contributed by atoms with van der Waals surface area (Å²) in [7, 11) is 1.55. The summed E-state index contributed by atoms with van der Waals surface area (Å²) in [6.45, 7) is 5.97. The standard InChI is InChI=1S/C24H32N2O4/c1-5-18(2)25-24(28)19(3)26(16-15-20-11-7-6-8-12-20)23(27)17-30-22-14-10-9-13-21(22)29-4/h6-14,18-19H,5,15-17H2,1-4H3,(H,25,28)/t18-,19+/m1/s1. The number of carbonyl (C=O) groups excluding carboxylic acids is 2. The van der Waals surface area contributed by atoms with Crippen molar-refractivity contribution in [2.45, 2.75) is 45.7 Å². The third-order valence-corrected chi connectivity index (χ3v) is 5.07. The van der Waals surface area contributed by atoms with Crippen LogP contribution < -0.4 is 14.8 Å². The van der Waals surface area contributed by atoms with E-state index in [1.807, 2.05) is 56.3 Å². The molecule has 0 bridgehead atoms. The first kappa shape index (κ1) is 23.3. The maximum atomic E-state index is 13.0. The van der Waals surface area contributed by atoms with Gasteiger partial charge in [0, 0.05) is 12.6 Å². The Morgan fingerprint density at radius 3 is 2.27 bits per heavy atom. The van der Waals surface area contributed by atoms with E-state index in [0.29, 0.717) is 24.5 Å². The second-order valence-corrected chi connectivity index (χ2v) is 7.26. The van der Waals surface area contributed by atoms with Crippen molar-refractivity contribution in [3.63, 3.8) is 0 Å². The molecule has 0 saturated carbocycles. The molecule has 0 heterocycles. The highest BCUT2D eigenvalue weighted by Gasteiger charge is 2.27. The molecule has 2 rings (SSSR count). The summed E-state index contributed by atoms with van der Waals surface area (Å²) in [5.41, 5.74) is 1.11. The zero-order valence-corrected chi connectivity index (χ0v) is 18.3. The normalized spacial score (nSPS) is 12.5. The molecule has 2 atom stereocenters. The highest BCUT2D eigenvalue weighted by molar-refractivity contribution is 5.88. The highest BCUT2D eigenvalue weighted by atomic mass is 16.5. The minimum absolute atomic E-state index is 0.0517. The molecule has 162 valence electrons. The fourth-order valence-electron chi connectivity index (χ4n) is 3.00. The Balaban J connectivity index is 2.09. The van der Waals surface area contributed by atoms with Gasteiger partial charge in [0.05, 0.1) is 7.11 Å². The van der Waals surface area contributed by atoms with Crippen LogP contribution in [0.3, 0.4) is 0 Å². The highest BCUT2D eigenvalue weighted by Crippen LogP contribution is 2.25. The van der Waals surface area contributed by atoms with E-state index >= 15 is 0 Å². The predicted molar refractivity (Wildman–Crippen MR) is 118 cm³/mol. The molecule has 6 nitrogen and oxygen atoms in total. The summed E-state index contributed by atoms with van der Waals surface area (Å²) in [5, 5.41) is 2.96. The van der Waals surface area contributed by atoms with Gasteiger partial charge in [0.15, 0.2) is 18.1 Å². The van der Waals surface area contributed by atoms with E-state index in [1.54, 1.807) is 31.1 Å². The first-order chi connectivity index (χ1) is 14.5. The number of hydrogen-bond acceptors (Lipinski definition) is 4. The van der Waals surface area contributed by atoms with Crippen molar-refractivity contribution in [1.29, 1.82) is 0 Å². The van der Waals surface area contributed by atoms with Crippen LogP contribution in [0, 0.1) is 0 Å². The molecule has 0 unspecified atom stereocenters. The Hall–Kier alpha value is -3.02. The Bertz CT molecular complexity index is 810. The number of nitrogens with zero attached hydrogens (tertiary/aromatic N) is 1. The van der Waals surface area contributed by atoms with Gasteiger partial charge in [0.25, 0.3) is 5.91 Å². The Morgan fingerprint density at radius 2 is 1.63 bits per heavy atom. The molecule has 2 amide bonds. The molecule has 0 radical (unpaired) electrons. The summed E-state index contributed by atoms with van der Waals surface area (Å²) in [5.74, 6) is 0.642. The van der Waals surface area contributed by atoms with E-state index < -0.39 is 6.04 Å². The van der Waals surface area contributed by atoms with Crippen molar-refractivity contribution in [3.8, 4) is 11.5 Å². The van der Waals surface area contributed by atoms with E-state index in [-0.39, 0.29) is 24.5 Å². The van der Waals surface area contributed by atoms with Crippen LogP contribution in [0.25, 0.3) is 0 Å². The monoisotopic (exact) mass is 412 g/mol. The predicted octanol–water partition coefficient (Wildman–Crippen LogP) is 3.45. The van der Waals surface area contributed by atoms with Gasteiger partial charge in [0.2, 0.25) is 5.91 Å². The molecule has 2 aromatic rings. The number of para-hydroxylation sites is 2. The minimum Gasteiger partial charge on any atom is -0.493 e. The Labute approximate surface area is 179 Å². The summed E-state index contributed by atoms with van der Waals surface area (Å²) in [4.78, 5) is 27.3. The van der Waals surface area contributed by atoms with Crippen molar-refractivity contribution < 1.29 is 19.1 Å². The van der Waals surface area contributed by atoms with Gasteiger partial charge in [-0.3, -0.25) is 9.59 Å². The molecular weight excluding hydrogens is 380 g/mol. The maximum Gasteiger partial charge on any atom is 0.261 e. The van der Waals surface area contributed by atoms with E-state index in [2.05, 4.69) is 5.32 Å². The van der Waals surface area contributed by atoms with Crippen LogP contribution >= 0.6 is 0 Å². The summed E-state index contributed by atoms with van der Waals surface area (Å²) in [6.07, 6.45) is 1.48. The van der Waals surface area contributed by atoms with Crippen LogP contribution in [0.1, 0.15) is 32.8 Å². The lowest BCUT2D eigenvalue weighted by molar-refractivity contribution is -0.141. The molecule has 30 heavy (non-hydrogen) atoms. The molecular formula is C24H32N2O4. The first-order valence-corrected chi connectivity index (χ1v) is 10.4. The lowest BCUT2D eigenvalue weighted by Gasteiger charge is -2.29. The quantitative estimate of drug-likeness (QED) is 0.614. The molecule has 0 saturated heterocycles. The zero-order valence-electron chi connectivity index (χ0n) is 18.3. The largest absolute Gasteiger partial charge is 0.493 e. The second-order valence-electron chi connectivity index (χ2n) is 7.26.